The number of carbonyl (C=O) groups is 2. The predicted octanol–water partition coefficient (Wildman–Crippen LogP) is 2.40. The highest BCUT2D eigenvalue weighted by atomic mass is 16.2. The van der Waals surface area contributed by atoms with Gasteiger partial charge in [-0.3, -0.25) is 9.59 Å². The van der Waals surface area contributed by atoms with E-state index in [1.165, 1.54) is 23.4 Å². The van der Waals surface area contributed by atoms with E-state index >= 15 is 0 Å². The van der Waals surface area contributed by atoms with Crippen molar-refractivity contribution < 1.29 is 9.59 Å². The molecule has 1 aliphatic heterocycles. The van der Waals surface area contributed by atoms with Gasteiger partial charge in [-0.2, -0.15) is 0 Å². The quantitative estimate of drug-likeness (QED) is 0.914. The molecule has 1 aliphatic rings. The van der Waals surface area contributed by atoms with Crippen molar-refractivity contribution in [3.63, 3.8) is 0 Å². The number of benzene rings is 1. The molecule has 0 spiro atoms. The number of H-pyrrole nitrogens is 1. The highest BCUT2D eigenvalue weighted by Crippen LogP contribution is 2.33. The summed E-state index contributed by atoms with van der Waals surface area (Å²) in [6, 6.07) is 7.89. The van der Waals surface area contributed by atoms with Gasteiger partial charge in [-0.1, -0.05) is 18.2 Å². The summed E-state index contributed by atoms with van der Waals surface area (Å²) < 4.78 is 0. The number of hydrogen-bond acceptors (Lipinski definition) is 2. The van der Waals surface area contributed by atoms with Crippen LogP contribution in [0.4, 0.5) is 0 Å². The Morgan fingerprint density at radius 1 is 1.26 bits per heavy atom. The number of likely N-dealkylation sites (tertiary alicyclic amines) is 1. The van der Waals surface area contributed by atoms with Gasteiger partial charge in [0.2, 0.25) is 11.8 Å². The molecule has 1 saturated heterocycles. The molecule has 1 aromatic heterocycles. The zero-order chi connectivity index (χ0) is 16.4. The van der Waals surface area contributed by atoms with Crippen LogP contribution in [0.15, 0.2) is 30.5 Å². The molecule has 1 unspecified atom stereocenters. The van der Waals surface area contributed by atoms with Crippen LogP contribution < -0.4 is 5.32 Å². The third-order valence-electron chi connectivity index (χ3n) is 4.66. The summed E-state index contributed by atoms with van der Waals surface area (Å²) in [4.78, 5) is 28.6. The van der Waals surface area contributed by atoms with Gasteiger partial charge < -0.3 is 15.2 Å². The maximum Gasteiger partial charge on any atom is 0.244 e. The molecule has 1 fully saturated rings. The molecule has 0 aliphatic carbocycles. The molecular weight excluding hydrogens is 290 g/mol. The fourth-order valence-corrected chi connectivity index (χ4v) is 3.48. The smallest absolute Gasteiger partial charge is 0.244 e. The van der Waals surface area contributed by atoms with Crippen molar-refractivity contribution in [3.05, 3.63) is 36.0 Å². The van der Waals surface area contributed by atoms with E-state index < -0.39 is 6.04 Å². The largest absolute Gasteiger partial charge is 0.361 e. The maximum absolute atomic E-state index is 12.3. The summed E-state index contributed by atoms with van der Waals surface area (Å²) in [7, 11) is 0. The molecular formula is C18H23N3O2. The molecule has 5 heteroatoms. The molecule has 2 aromatic rings. The number of rotatable bonds is 3. The van der Waals surface area contributed by atoms with Gasteiger partial charge in [-0.15, -0.1) is 0 Å². The number of nitrogens with one attached hydrogen (secondary N) is 2. The van der Waals surface area contributed by atoms with Crippen LogP contribution in [0.5, 0.6) is 0 Å². The number of aromatic nitrogens is 1. The van der Waals surface area contributed by atoms with Crippen LogP contribution in [-0.4, -0.2) is 40.8 Å². The molecule has 2 heterocycles. The molecule has 0 radical (unpaired) electrons. The Labute approximate surface area is 136 Å². The second-order valence-corrected chi connectivity index (χ2v) is 6.31. The number of para-hydroxylation sites is 1. The summed E-state index contributed by atoms with van der Waals surface area (Å²) in [5, 5.41) is 3.95. The van der Waals surface area contributed by atoms with Crippen molar-refractivity contribution in [1.29, 1.82) is 0 Å². The topological polar surface area (TPSA) is 65.2 Å². The van der Waals surface area contributed by atoms with E-state index in [1.807, 2.05) is 11.0 Å². The predicted molar refractivity (Wildman–Crippen MR) is 90.1 cm³/mol. The van der Waals surface area contributed by atoms with E-state index in [0.29, 0.717) is 5.92 Å². The van der Waals surface area contributed by atoms with Crippen LogP contribution in [0.3, 0.4) is 0 Å². The molecule has 1 atom stereocenters. The molecule has 122 valence electrons. The first kappa shape index (κ1) is 15.6. The van der Waals surface area contributed by atoms with Gasteiger partial charge >= 0.3 is 0 Å². The Balaban J connectivity index is 1.64. The zero-order valence-electron chi connectivity index (χ0n) is 13.6. The van der Waals surface area contributed by atoms with Gasteiger partial charge in [0.05, 0.1) is 0 Å². The summed E-state index contributed by atoms with van der Waals surface area (Å²) in [6.07, 6.45) is 4.02. The average Bonchev–Trinajstić information content (AvgIpc) is 2.97. The number of carbonyl (C=O) groups excluding carboxylic acids is 2. The highest BCUT2D eigenvalue weighted by molar-refractivity contribution is 5.87. The lowest BCUT2D eigenvalue weighted by atomic mass is 9.89. The first-order chi connectivity index (χ1) is 11.1. The second kappa shape index (κ2) is 6.44. The monoisotopic (exact) mass is 313 g/mol. The maximum atomic E-state index is 12.3. The Morgan fingerprint density at radius 2 is 1.96 bits per heavy atom. The van der Waals surface area contributed by atoms with E-state index in [9.17, 15) is 9.59 Å². The van der Waals surface area contributed by atoms with E-state index in [-0.39, 0.29) is 11.8 Å². The number of hydrogen-bond donors (Lipinski definition) is 2. The minimum Gasteiger partial charge on any atom is -0.361 e. The summed E-state index contributed by atoms with van der Waals surface area (Å²) in [6.45, 7) is 4.67. The first-order valence-electron chi connectivity index (χ1n) is 8.18. The van der Waals surface area contributed by atoms with Gasteiger partial charge in [-0.25, -0.2) is 0 Å². The van der Waals surface area contributed by atoms with E-state index in [4.69, 9.17) is 0 Å². The van der Waals surface area contributed by atoms with E-state index in [2.05, 4.69) is 34.7 Å². The van der Waals surface area contributed by atoms with Crippen LogP contribution >= 0.6 is 0 Å². The Morgan fingerprint density at radius 3 is 2.65 bits per heavy atom. The van der Waals surface area contributed by atoms with E-state index in [1.54, 1.807) is 6.92 Å². The highest BCUT2D eigenvalue weighted by Gasteiger charge is 2.27. The summed E-state index contributed by atoms with van der Waals surface area (Å²) in [5.74, 6) is 0.323. The van der Waals surface area contributed by atoms with Crippen LogP contribution in [0.2, 0.25) is 0 Å². The van der Waals surface area contributed by atoms with E-state index in [0.717, 1.165) is 25.9 Å². The third-order valence-corrected chi connectivity index (χ3v) is 4.66. The number of aromatic amines is 1. The zero-order valence-corrected chi connectivity index (χ0v) is 13.6. The van der Waals surface area contributed by atoms with Crippen LogP contribution in [0.1, 0.15) is 38.2 Å². The molecule has 0 saturated carbocycles. The minimum absolute atomic E-state index is 0.0116. The number of piperidine rings is 1. The van der Waals surface area contributed by atoms with Gasteiger partial charge in [0.25, 0.3) is 0 Å². The number of amides is 2. The third kappa shape index (κ3) is 3.23. The summed E-state index contributed by atoms with van der Waals surface area (Å²) in [5.41, 5.74) is 2.52. The van der Waals surface area contributed by atoms with Gasteiger partial charge in [0.15, 0.2) is 0 Å². The minimum atomic E-state index is -0.447. The lowest BCUT2D eigenvalue weighted by Crippen LogP contribution is -2.48. The Kier molecular flexibility index (Phi) is 4.37. The molecule has 1 aromatic carbocycles. The van der Waals surface area contributed by atoms with Crippen LogP contribution in [0, 0.1) is 0 Å². The van der Waals surface area contributed by atoms with Crippen LogP contribution in [0.25, 0.3) is 10.9 Å². The van der Waals surface area contributed by atoms with Gasteiger partial charge in [0.1, 0.15) is 6.04 Å². The normalized spacial score (nSPS) is 17.2. The fourth-order valence-electron chi connectivity index (χ4n) is 3.48. The lowest BCUT2D eigenvalue weighted by molar-refractivity contribution is -0.136. The second-order valence-electron chi connectivity index (χ2n) is 6.31. The van der Waals surface area contributed by atoms with Crippen molar-refractivity contribution in [2.24, 2.45) is 0 Å². The average molecular weight is 313 g/mol. The Bertz CT molecular complexity index is 714. The molecule has 3 rings (SSSR count). The van der Waals surface area contributed by atoms with Gasteiger partial charge in [0, 0.05) is 37.1 Å². The fraction of sp³-hybridized carbons (Fsp3) is 0.444. The summed E-state index contributed by atoms with van der Waals surface area (Å²) >= 11 is 0. The molecule has 2 N–H and O–H groups in total. The number of nitrogens with zero attached hydrogens (tertiary/aromatic N) is 1. The molecule has 5 nitrogen and oxygen atoms in total. The lowest BCUT2D eigenvalue weighted by Gasteiger charge is -2.33. The standard InChI is InChI=1S/C18H23N3O2/c1-12(20-13(2)22)18(23)21-9-7-14(8-10-21)16-11-19-17-6-4-3-5-15(16)17/h3-6,11-12,14,19H,7-10H2,1-2H3,(H,20,22). The first-order valence-corrected chi connectivity index (χ1v) is 8.18. The van der Waals surface area contributed by atoms with Gasteiger partial charge in [-0.05, 0) is 37.3 Å². The van der Waals surface area contributed by atoms with Crippen molar-refractivity contribution in [2.75, 3.05) is 13.1 Å². The molecule has 2 amide bonds. The molecule has 23 heavy (non-hydrogen) atoms. The van der Waals surface area contributed by atoms with Crippen molar-refractivity contribution in [3.8, 4) is 0 Å². The Hall–Kier alpha value is -2.30. The van der Waals surface area contributed by atoms with Crippen LogP contribution in [-0.2, 0) is 9.59 Å². The van der Waals surface area contributed by atoms with Crippen molar-refractivity contribution in [1.82, 2.24) is 15.2 Å². The van der Waals surface area contributed by atoms with Crippen molar-refractivity contribution in [2.45, 2.75) is 38.6 Å². The van der Waals surface area contributed by atoms with Crippen molar-refractivity contribution >= 4 is 22.7 Å². The molecule has 0 bridgehead atoms. The SMILES string of the molecule is CC(=O)NC(C)C(=O)N1CCC(c2c[nH]c3ccccc23)CC1. The number of fused-ring (bicyclic) bond motifs is 1.